The van der Waals surface area contributed by atoms with Gasteiger partial charge in [-0.2, -0.15) is 13.2 Å². The van der Waals surface area contributed by atoms with Crippen molar-refractivity contribution in [3.8, 4) is 0 Å². The van der Waals surface area contributed by atoms with Crippen LogP contribution in [0.25, 0.3) is 0 Å². The molecule has 2 aromatic heterocycles. The predicted molar refractivity (Wildman–Crippen MR) is 113 cm³/mol. The van der Waals surface area contributed by atoms with E-state index in [1.54, 1.807) is 17.8 Å². The van der Waals surface area contributed by atoms with Gasteiger partial charge < -0.3 is 4.90 Å². The number of piperidine rings is 1. The minimum Gasteiger partial charge on any atom is -0.337 e. The SMILES string of the molecule is Cc1ncsc1C(=O)N1CCC[C@H](c2ccc(Cc3cccc(C(F)(F)F)c3)cn2)C1. The van der Waals surface area contributed by atoms with Crippen LogP contribution in [0, 0.1) is 6.92 Å². The van der Waals surface area contributed by atoms with Gasteiger partial charge in [-0.3, -0.25) is 9.78 Å². The van der Waals surface area contributed by atoms with Crippen molar-refractivity contribution in [2.75, 3.05) is 13.1 Å². The fraction of sp³-hybridized carbons (Fsp3) is 0.348. The predicted octanol–water partition coefficient (Wildman–Crippen LogP) is 5.48. The van der Waals surface area contributed by atoms with Gasteiger partial charge in [-0.1, -0.05) is 24.3 Å². The van der Waals surface area contributed by atoms with Crippen molar-refractivity contribution >= 4 is 17.2 Å². The number of carbonyl (C=O) groups is 1. The first kappa shape index (κ1) is 21.5. The van der Waals surface area contributed by atoms with Crippen molar-refractivity contribution in [1.29, 1.82) is 0 Å². The van der Waals surface area contributed by atoms with Crippen molar-refractivity contribution in [3.63, 3.8) is 0 Å². The number of likely N-dealkylation sites (tertiary alicyclic amines) is 1. The van der Waals surface area contributed by atoms with Crippen molar-refractivity contribution in [2.45, 2.75) is 38.3 Å². The summed E-state index contributed by atoms with van der Waals surface area (Å²) in [5.74, 6) is 0.166. The van der Waals surface area contributed by atoms with Gasteiger partial charge in [-0.05, 0) is 49.4 Å². The number of nitrogens with zero attached hydrogens (tertiary/aromatic N) is 3. The van der Waals surface area contributed by atoms with Crippen molar-refractivity contribution in [3.05, 3.63) is 81.1 Å². The normalized spacial score (nSPS) is 17.0. The maximum atomic E-state index is 12.9. The molecule has 0 N–H and O–H groups in total. The zero-order valence-corrected chi connectivity index (χ0v) is 17.8. The molecule has 1 saturated heterocycles. The van der Waals surface area contributed by atoms with Crippen LogP contribution < -0.4 is 0 Å². The highest BCUT2D eigenvalue weighted by atomic mass is 32.1. The number of alkyl halides is 3. The Morgan fingerprint density at radius 1 is 1.19 bits per heavy atom. The molecule has 4 nitrogen and oxygen atoms in total. The fourth-order valence-electron chi connectivity index (χ4n) is 3.93. The van der Waals surface area contributed by atoms with E-state index in [2.05, 4.69) is 9.97 Å². The lowest BCUT2D eigenvalue weighted by molar-refractivity contribution is -0.137. The third kappa shape index (κ3) is 4.95. The Morgan fingerprint density at radius 2 is 2.03 bits per heavy atom. The Morgan fingerprint density at radius 3 is 2.71 bits per heavy atom. The molecule has 4 rings (SSSR count). The van der Waals surface area contributed by atoms with E-state index in [1.807, 2.05) is 24.0 Å². The second-order valence-corrected chi connectivity index (χ2v) is 8.68. The Hall–Kier alpha value is -2.74. The first-order valence-electron chi connectivity index (χ1n) is 10.1. The maximum Gasteiger partial charge on any atom is 0.416 e. The number of rotatable bonds is 4. The van der Waals surface area contributed by atoms with Crippen LogP contribution in [-0.2, 0) is 12.6 Å². The summed E-state index contributed by atoms with van der Waals surface area (Å²) in [6, 6.07) is 9.22. The number of halogens is 3. The molecule has 1 aliphatic heterocycles. The van der Waals surface area contributed by atoms with E-state index in [0.29, 0.717) is 23.4 Å². The Labute approximate surface area is 182 Å². The van der Waals surface area contributed by atoms with Gasteiger partial charge in [0, 0.05) is 30.9 Å². The summed E-state index contributed by atoms with van der Waals surface area (Å²) in [5.41, 5.74) is 4.17. The van der Waals surface area contributed by atoms with Crippen molar-refractivity contribution in [2.24, 2.45) is 0 Å². The molecule has 1 aliphatic rings. The number of pyridine rings is 1. The van der Waals surface area contributed by atoms with Gasteiger partial charge >= 0.3 is 6.18 Å². The highest BCUT2D eigenvalue weighted by Gasteiger charge is 2.30. The third-order valence-corrected chi connectivity index (χ3v) is 6.49. The molecule has 0 bridgehead atoms. The molecule has 3 aromatic rings. The molecule has 0 unspecified atom stereocenters. The number of amides is 1. The first-order valence-corrected chi connectivity index (χ1v) is 11.0. The number of carbonyl (C=O) groups excluding carboxylic acids is 1. The number of benzene rings is 1. The van der Waals surface area contributed by atoms with Crippen LogP contribution in [0.2, 0.25) is 0 Å². The van der Waals surface area contributed by atoms with Gasteiger partial charge in [0.25, 0.3) is 5.91 Å². The summed E-state index contributed by atoms with van der Waals surface area (Å²) in [6.07, 6.45) is -0.381. The van der Waals surface area contributed by atoms with E-state index in [9.17, 15) is 18.0 Å². The summed E-state index contributed by atoms with van der Waals surface area (Å²) in [6.45, 7) is 3.17. The number of hydrogen-bond acceptors (Lipinski definition) is 4. The number of thiazole rings is 1. The third-order valence-electron chi connectivity index (χ3n) is 5.58. The molecular formula is C23H22F3N3OS. The standard InChI is InChI=1S/C23H22F3N3OS/c1-15-21(31-14-28-15)22(30)29-9-3-5-18(13-29)20-8-7-17(12-27-20)10-16-4-2-6-19(11-16)23(24,25)26/h2,4,6-8,11-12,14,18H,3,5,9-10,13H2,1H3/t18-/m0/s1. The summed E-state index contributed by atoms with van der Waals surface area (Å²) >= 11 is 1.37. The van der Waals surface area contributed by atoms with Crippen LogP contribution in [0.4, 0.5) is 13.2 Å². The fourth-order valence-corrected chi connectivity index (χ4v) is 4.70. The van der Waals surface area contributed by atoms with Crippen LogP contribution >= 0.6 is 11.3 Å². The molecule has 162 valence electrons. The van der Waals surface area contributed by atoms with E-state index in [0.717, 1.165) is 42.4 Å². The van der Waals surface area contributed by atoms with E-state index in [4.69, 9.17) is 0 Å². The van der Waals surface area contributed by atoms with Gasteiger partial charge in [0.05, 0.1) is 16.8 Å². The molecule has 0 aliphatic carbocycles. The molecule has 1 fully saturated rings. The molecule has 1 atom stereocenters. The van der Waals surface area contributed by atoms with E-state index >= 15 is 0 Å². The lowest BCUT2D eigenvalue weighted by atomic mass is 9.93. The Bertz CT molecular complexity index is 1060. The van der Waals surface area contributed by atoms with Crippen LogP contribution in [0.5, 0.6) is 0 Å². The zero-order valence-electron chi connectivity index (χ0n) is 17.0. The van der Waals surface area contributed by atoms with E-state index < -0.39 is 11.7 Å². The van der Waals surface area contributed by atoms with Crippen molar-refractivity contribution in [1.82, 2.24) is 14.9 Å². The lowest BCUT2D eigenvalue weighted by Crippen LogP contribution is -2.39. The second kappa shape index (κ2) is 8.78. The summed E-state index contributed by atoms with van der Waals surface area (Å²) < 4.78 is 38.8. The highest BCUT2D eigenvalue weighted by molar-refractivity contribution is 7.11. The summed E-state index contributed by atoms with van der Waals surface area (Å²) in [5, 5.41) is 0. The van der Waals surface area contributed by atoms with E-state index in [1.165, 1.54) is 23.5 Å². The smallest absolute Gasteiger partial charge is 0.337 e. The van der Waals surface area contributed by atoms with Gasteiger partial charge in [0.15, 0.2) is 0 Å². The minimum absolute atomic E-state index is 0.0193. The molecule has 1 aromatic carbocycles. The topological polar surface area (TPSA) is 46.1 Å². The quantitative estimate of drug-likeness (QED) is 0.535. The van der Waals surface area contributed by atoms with Crippen LogP contribution in [0.1, 0.15) is 56.5 Å². The Balaban J connectivity index is 1.43. The van der Waals surface area contributed by atoms with Crippen LogP contribution in [0.3, 0.4) is 0 Å². The molecule has 8 heteroatoms. The minimum atomic E-state index is -4.35. The molecular weight excluding hydrogens is 423 g/mol. The van der Waals surface area contributed by atoms with Crippen molar-refractivity contribution < 1.29 is 18.0 Å². The average Bonchev–Trinajstić information content (AvgIpc) is 3.19. The number of aromatic nitrogens is 2. The highest BCUT2D eigenvalue weighted by Crippen LogP contribution is 2.31. The van der Waals surface area contributed by atoms with Crippen LogP contribution in [-0.4, -0.2) is 33.9 Å². The molecule has 0 spiro atoms. The Kier molecular flexibility index (Phi) is 6.09. The van der Waals surface area contributed by atoms with E-state index in [-0.39, 0.29) is 11.8 Å². The van der Waals surface area contributed by atoms with Gasteiger partial charge in [-0.25, -0.2) is 4.98 Å². The average molecular weight is 446 g/mol. The summed E-state index contributed by atoms with van der Waals surface area (Å²) in [7, 11) is 0. The number of aryl methyl sites for hydroxylation is 1. The monoisotopic (exact) mass is 445 g/mol. The van der Waals surface area contributed by atoms with Gasteiger partial charge in [0.1, 0.15) is 4.88 Å². The first-order chi connectivity index (χ1) is 14.8. The van der Waals surface area contributed by atoms with Gasteiger partial charge in [-0.15, -0.1) is 11.3 Å². The van der Waals surface area contributed by atoms with Crippen LogP contribution in [0.15, 0.2) is 48.1 Å². The lowest BCUT2D eigenvalue weighted by Gasteiger charge is -2.32. The molecule has 1 amide bonds. The molecule has 3 heterocycles. The summed E-state index contributed by atoms with van der Waals surface area (Å²) in [4.78, 5) is 24.1. The zero-order chi connectivity index (χ0) is 22.0. The second-order valence-electron chi connectivity index (χ2n) is 7.82. The van der Waals surface area contributed by atoms with Gasteiger partial charge in [0.2, 0.25) is 0 Å². The number of hydrogen-bond donors (Lipinski definition) is 0. The molecule has 0 radical (unpaired) electrons. The largest absolute Gasteiger partial charge is 0.416 e. The maximum absolute atomic E-state index is 12.9. The molecule has 0 saturated carbocycles. The molecule has 31 heavy (non-hydrogen) atoms.